The highest BCUT2D eigenvalue weighted by Gasteiger charge is 2.14. The first-order valence-electron chi connectivity index (χ1n) is 6.99. The molecule has 3 rings (SSSR count). The molecule has 1 saturated heterocycles. The maximum atomic E-state index is 10.8. The SMILES string of the molecule is O=C(O)c1ccc(-c2csc(NC3CCNCC3)n2)cc1. The number of nitrogens with one attached hydrogen (secondary N) is 2. The number of carbonyl (C=O) groups is 1. The van der Waals surface area contributed by atoms with Crippen LogP contribution in [-0.2, 0) is 0 Å². The third-order valence-electron chi connectivity index (χ3n) is 3.60. The first-order valence-corrected chi connectivity index (χ1v) is 7.87. The molecule has 6 heteroatoms. The van der Waals surface area contributed by atoms with E-state index in [1.807, 2.05) is 5.38 Å². The fraction of sp³-hybridized carbons (Fsp3) is 0.333. The molecule has 21 heavy (non-hydrogen) atoms. The van der Waals surface area contributed by atoms with Gasteiger partial charge >= 0.3 is 5.97 Å². The van der Waals surface area contributed by atoms with Gasteiger partial charge in [-0.05, 0) is 38.1 Å². The molecule has 0 atom stereocenters. The zero-order valence-electron chi connectivity index (χ0n) is 11.5. The zero-order chi connectivity index (χ0) is 14.7. The van der Waals surface area contributed by atoms with Crippen LogP contribution in [0.1, 0.15) is 23.2 Å². The van der Waals surface area contributed by atoms with Crippen LogP contribution in [0.5, 0.6) is 0 Å². The van der Waals surface area contributed by atoms with E-state index >= 15 is 0 Å². The maximum Gasteiger partial charge on any atom is 0.335 e. The van der Waals surface area contributed by atoms with Crippen molar-refractivity contribution in [3.63, 3.8) is 0 Å². The summed E-state index contributed by atoms with van der Waals surface area (Å²) in [7, 11) is 0. The molecule has 1 aromatic heterocycles. The topological polar surface area (TPSA) is 74.2 Å². The standard InChI is InChI=1S/C15H17N3O2S/c19-14(20)11-3-1-10(2-4-11)13-9-21-15(18-13)17-12-5-7-16-8-6-12/h1-4,9,12,16H,5-8H2,(H,17,18)(H,19,20). The smallest absolute Gasteiger partial charge is 0.335 e. The molecule has 0 spiro atoms. The van der Waals surface area contributed by atoms with Gasteiger partial charge in [-0.25, -0.2) is 9.78 Å². The van der Waals surface area contributed by atoms with Crippen LogP contribution >= 0.6 is 11.3 Å². The molecule has 5 nitrogen and oxygen atoms in total. The average molecular weight is 303 g/mol. The first-order chi connectivity index (χ1) is 10.2. The summed E-state index contributed by atoms with van der Waals surface area (Å²) in [6.07, 6.45) is 2.23. The Hall–Kier alpha value is -1.92. The number of piperidine rings is 1. The minimum atomic E-state index is -0.909. The highest BCUT2D eigenvalue weighted by molar-refractivity contribution is 7.14. The van der Waals surface area contributed by atoms with Crippen molar-refractivity contribution in [2.24, 2.45) is 0 Å². The van der Waals surface area contributed by atoms with Crippen LogP contribution < -0.4 is 10.6 Å². The molecule has 0 saturated carbocycles. The molecule has 3 N–H and O–H groups in total. The summed E-state index contributed by atoms with van der Waals surface area (Å²) in [4.78, 5) is 15.4. The highest BCUT2D eigenvalue weighted by Crippen LogP contribution is 2.26. The van der Waals surface area contributed by atoms with Gasteiger partial charge in [0.25, 0.3) is 0 Å². The lowest BCUT2D eigenvalue weighted by molar-refractivity contribution is 0.0697. The Balaban J connectivity index is 1.70. The van der Waals surface area contributed by atoms with Crippen molar-refractivity contribution < 1.29 is 9.90 Å². The van der Waals surface area contributed by atoms with Gasteiger partial charge in [-0.2, -0.15) is 0 Å². The van der Waals surface area contributed by atoms with Gasteiger partial charge in [0.1, 0.15) is 0 Å². The van der Waals surface area contributed by atoms with Gasteiger partial charge in [0, 0.05) is 17.0 Å². The lowest BCUT2D eigenvalue weighted by atomic mass is 10.1. The number of carboxylic acids is 1. The van der Waals surface area contributed by atoms with Crippen LogP contribution in [0, 0.1) is 0 Å². The Morgan fingerprint density at radius 1 is 1.29 bits per heavy atom. The van der Waals surface area contributed by atoms with E-state index in [4.69, 9.17) is 5.11 Å². The summed E-state index contributed by atoms with van der Waals surface area (Å²) >= 11 is 1.59. The van der Waals surface area contributed by atoms with Crippen LogP contribution in [0.2, 0.25) is 0 Å². The number of hydrogen-bond donors (Lipinski definition) is 3. The third-order valence-corrected chi connectivity index (χ3v) is 4.37. The van der Waals surface area contributed by atoms with Crippen molar-refractivity contribution >= 4 is 22.4 Å². The summed E-state index contributed by atoms with van der Waals surface area (Å²) in [5.74, 6) is -0.909. The van der Waals surface area contributed by atoms with Crippen molar-refractivity contribution in [2.45, 2.75) is 18.9 Å². The molecular formula is C15H17N3O2S. The molecule has 110 valence electrons. The normalized spacial score (nSPS) is 15.8. The quantitative estimate of drug-likeness (QED) is 0.810. The summed E-state index contributed by atoms with van der Waals surface area (Å²) in [6, 6.07) is 7.30. The average Bonchev–Trinajstić information content (AvgIpc) is 2.97. The lowest BCUT2D eigenvalue weighted by Crippen LogP contribution is -2.35. The maximum absolute atomic E-state index is 10.8. The van der Waals surface area contributed by atoms with Gasteiger partial charge in [0.05, 0.1) is 11.3 Å². The Bertz CT molecular complexity index is 618. The molecule has 1 aromatic carbocycles. The molecule has 2 heterocycles. The van der Waals surface area contributed by atoms with Crippen molar-refractivity contribution in [1.82, 2.24) is 10.3 Å². The van der Waals surface area contributed by atoms with Crippen molar-refractivity contribution in [1.29, 1.82) is 0 Å². The highest BCUT2D eigenvalue weighted by atomic mass is 32.1. The van der Waals surface area contributed by atoms with Crippen molar-refractivity contribution in [3.8, 4) is 11.3 Å². The fourth-order valence-corrected chi connectivity index (χ4v) is 3.19. The number of thiazole rings is 1. The summed E-state index contributed by atoms with van der Waals surface area (Å²) < 4.78 is 0. The Morgan fingerprint density at radius 2 is 2.00 bits per heavy atom. The van der Waals surface area contributed by atoms with Crippen LogP contribution in [0.3, 0.4) is 0 Å². The molecule has 1 aliphatic heterocycles. The molecular weight excluding hydrogens is 286 g/mol. The first kappa shape index (κ1) is 14.0. The number of nitrogens with zero attached hydrogens (tertiary/aromatic N) is 1. The van der Waals surface area contributed by atoms with Gasteiger partial charge in [0.15, 0.2) is 5.13 Å². The van der Waals surface area contributed by atoms with E-state index in [0.29, 0.717) is 11.6 Å². The molecule has 2 aromatic rings. The van der Waals surface area contributed by atoms with Crippen molar-refractivity contribution in [2.75, 3.05) is 18.4 Å². The van der Waals surface area contributed by atoms with E-state index < -0.39 is 5.97 Å². The predicted molar refractivity (Wildman–Crippen MR) is 84.0 cm³/mol. The number of benzene rings is 1. The number of carboxylic acid groups (broad SMARTS) is 1. The molecule has 0 aliphatic carbocycles. The van der Waals surface area contributed by atoms with E-state index in [1.165, 1.54) is 0 Å². The van der Waals surface area contributed by atoms with E-state index in [0.717, 1.165) is 42.3 Å². The number of anilines is 1. The van der Waals surface area contributed by atoms with Crippen LogP contribution in [0.4, 0.5) is 5.13 Å². The summed E-state index contributed by atoms with van der Waals surface area (Å²) in [5, 5.41) is 18.6. The molecule has 0 amide bonds. The fourth-order valence-electron chi connectivity index (χ4n) is 2.40. The van der Waals surface area contributed by atoms with Gasteiger partial charge in [-0.3, -0.25) is 0 Å². The van der Waals surface area contributed by atoms with E-state index in [9.17, 15) is 4.79 Å². The van der Waals surface area contributed by atoms with Crippen LogP contribution in [0.15, 0.2) is 29.6 Å². The Kier molecular flexibility index (Phi) is 4.17. The van der Waals surface area contributed by atoms with Crippen molar-refractivity contribution in [3.05, 3.63) is 35.2 Å². The number of aromatic carboxylic acids is 1. The summed E-state index contributed by atoms with van der Waals surface area (Å²) in [6.45, 7) is 2.10. The molecule has 0 unspecified atom stereocenters. The van der Waals surface area contributed by atoms with E-state index in [2.05, 4.69) is 15.6 Å². The second kappa shape index (κ2) is 6.24. The molecule has 1 aliphatic rings. The number of aromatic nitrogens is 1. The Morgan fingerprint density at radius 3 is 2.67 bits per heavy atom. The minimum absolute atomic E-state index is 0.294. The number of rotatable bonds is 4. The van der Waals surface area contributed by atoms with Gasteiger partial charge in [-0.1, -0.05) is 12.1 Å². The van der Waals surface area contributed by atoms with Gasteiger partial charge < -0.3 is 15.7 Å². The lowest BCUT2D eigenvalue weighted by Gasteiger charge is -2.23. The summed E-state index contributed by atoms with van der Waals surface area (Å²) in [5.41, 5.74) is 2.12. The second-order valence-corrected chi connectivity index (χ2v) is 5.95. The molecule has 0 radical (unpaired) electrons. The van der Waals surface area contributed by atoms with Gasteiger partial charge in [0.2, 0.25) is 0 Å². The van der Waals surface area contributed by atoms with Crippen LogP contribution in [-0.4, -0.2) is 35.2 Å². The zero-order valence-corrected chi connectivity index (χ0v) is 12.3. The van der Waals surface area contributed by atoms with E-state index in [1.54, 1.807) is 35.6 Å². The monoisotopic (exact) mass is 303 g/mol. The van der Waals surface area contributed by atoms with E-state index in [-0.39, 0.29) is 0 Å². The second-order valence-electron chi connectivity index (χ2n) is 5.09. The van der Waals surface area contributed by atoms with Crippen LogP contribution in [0.25, 0.3) is 11.3 Å². The third kappa shape index (κ3) is 3.40. The largest absolute Gasteiger partial charge is 0.478 e. The minimum Gasteiger partial charge on any atom is -0.478 e. The molecule has 0 bridgehead atoms. The van der Waals surface area contributed by atoms with Gasteiger partial charge in [-0.15, -0.1) is 11.3 Å². The predicted octanol–water partition coefficient (Wildman–Crippen LogP) is 2.67. The number of hydrogen-bond acceptors (Lipinski definition) is 5. The molecule has 1 fully saturated rings. The Labute approximate surface area is 127 Å².